The summed E-state index contributed by atoms with van der Waals surface area (Å²) in [6.07, 6.45) is 0.758. The van der Waals surface area contributed by atoms with Gasteiger partial charge in [0.05, 0.1) is 43.7 Å². The number of hydrogen-bond acceptors (Lipinski definition) is 9. The van der Waals surface area contributed by atoms with Crippen LogP contribution in [0.5, 0.6) is 5.75 Å². The van der Waals surface area contributed by atoms with Gasteiger partial charge >= 0.3 is 11.9 Å². The fraction of sp³-hybridized carbons (Fsp3) is 0.542. The van der Waals surface area contributed by atoms with E-state index in [0.29, 0.717) is 24.6 Å². The summed E-state index contributed by atoms with van der Waals surface area (Å²) in [5, 5.41) is 12.2. The molecular weight excluding hydrogens is 442 g/mol. The van der Waals surface area contributed by atoms with Crippen LogP contribution in [0.25, 0.3) is 0 Å². The fourth-order valence-corrected chi connectivity index (χ4v) is 3.47. The Morgan fingerprint density at radius 2 is 1.88 bits per heavy atom. The minimum Gasteiger partial charge on any atom is -0.491 e. The molecule has 1 heterocycles. The first-order valence-corrected chi connectivity index (χ1v) is 11.5. The van der Waals surface area contributed by atoms with E-state index in [1.54, 1.807) is 12.1 Å². The molecule has 1 aromatic carbocycles. The number of aliphatic hydroxyl groups is 1. The van der Waals surface area contributed by atoms with Crippen molar-refractivity contribution >= 4 is 23.5 Å². The second-order valence-electron chi connectivity index (χ2n) is 7.64. The van der Waals surface area contributed by atoms with E-state index < -0.39 is 17.8 Å². The van der Waals surface area contributed by atoms with E-state index in [9.17, 15) is 19.5 Å². The van der Waals surface area contributed by atoms with Crippen molar-refractivity contribution in [3.63, 3.8) is 0 Å². The average molecular weight is 478 g/mol. The molecule has 34 heavy (non-hydrogen) atoms. The maximum Gasteiger partial charge on any atom is 0.338 e. The van der Waals surface area contributed by atoms with Crippen molar-refractivity contribution in [3.05, 3.63) is 35.0 Å². The highest BCUT2D eigenvalue weighted by Crippen LogP contribution is 2.31. The van der Waals surface area contributed by atoms with Crippen molar-refractivity contribution in [1.29, 1.82) is 0 Å². The Kier molecular flexibility index (Phi) is 10.8. The Morgan fingerprint density at radius 3 is 2.50 bits per heavy atom. The number of ether oxygens (including phenoxy) is 3. The van der Waals surface area contributed by atoms with Gasteiger partial charge in [0.25, 0.3) is 5.91 Å². The van der Waals surface area contributed by atoms with Gasteiger partial charge < -0.3 is 34.4 Å². The molecule has 10 nitrogen and oxygen atoms in total. The number of amides is 1. The van der Waals surface area contributed by atoms with Crippen LogP contribution in [0, 0.1) is 0 Å². The molecule has 0 atom stereocenters. The van der Waals surface area contributed by atoms with Crippen molar-refractivity contribution in [1.82, 2.24) is 9.80 Å². The quantitative estimate of drug-likeness (QED) is 0.386. The highest BCUT2D eigenvalue weighted by Gasteiger charge is 2.35. The predicted octanol–water partition coefficient (Wildman–Crippen LogP) is 1.65. The standard InChI is InChI=1S/C24H35N3O7/c1-5-13-33-20-9-8-17(23(30)34-14-11-26(6-2)7-3)15-19(20)25-21-18(24(31)32-4)16-27(10-12-28)22(21)29/h8-9,15,25,28H,5-7,10-14,16H2,1-4H3. The first-order chi connectivity index (χ1) is 16.4. The number of anilines is 1. The summed E-state index contributed by atoms with van der Waals surface area (Å²) >= 11 is 0. The third-order valence-electron chi connectivity index (χ3n) is 5.43. The Labute approximate surface area is 200 Å². The van der Waals surface area contributed by atoms with Gasteiger partial charge in [-0.25, -0.2) is 9.59 Å². The van der Waals surface area contributed by atoms with E-state index in [2.05, 4.69) is 10.2 Å². The number of β-amino-alcohol motifs (C(OH)–C–C–N with tert-alkyl or cyclic N) is 1. The molecule has 0 fully saturated rings. The van der Waals surface area contributed by atoms with Gasteiger partial charge in [0, 0.05) is 13.1 Å². The second kappa shape index (κ2) is 13.6. The Balaban J connectivity index is 2.31. The lowest BCUT2D eigenvalue weighted by atomic mass is 10.1. The molecule has 1 aliphatic rings. The summed E-state index contributed by atoms with van der Waals surface area (Å²) in [6.45, 7) is 8.92. The first kappa shape index (κ1) is 27.1. The van der Waals surface area contributed by atoms with Gasteiger partial charge in [-0.3, -0.25) is 4.79 Å². The van der Waals surface area contributed by atoms with Gasteiger partial charge in [0.2, 0.25) is 0 Å². The van der Waals surface area contributed by atoms with Crippen molar-refractivity contribution < 1.29 is 33.7 Å². The van der Waals surface area contributed by atoms with Gasteiger partial charge in [0.1, 0.15) is 18.1 Å². The first-order valence-electron chi connectivity index (χ1n) is 11.5. The second-order valence-corrected chi connectivity index (χ2v) is 7.64. The normalized spacial score (nSPS) is 13.5. The summed E-state index contributed by atoms with van der Waals surface area (Å²) in [7, 11) is 1.23. The van der Waals surface area contributed by atoms with Gasteiger partial charge in [-0.1, -0.05) is 20.8 Å². The van der Waals surface area contributed by atoms with Crippen LogP contribution in [0.2, 0.25) is 0 Å². The number of nitrogens with one attached hydrogen (secondary N) is 1. The number of nitrogens with zero attached hydrogens (tertiary/aromatic N) is 2. The molecule has 188 valence electrons. The van der Waals surface area contributed by atoms with Crippen molar-refractivity contribution in [2.75, 3.05) is 65.0 Å². The number of aliphatic hydroxyl groups excluding tert-OH is 1. The highest BCUT2D eigenvalue weighted by atomic mass is 16.5. The smallest absolute Gasteiger partial charge is 0.338 e. The number of esters is 2. The maximum atomic E-state index is 12.9. The van der Waals surface area contributed by atoms with Gasteiger partial charge in [0.15, 0.2) is 0 Å². The lowest BCUT2D eigenvalue weighted by Crippen LogP contribution is -2.31. The monoisotopic (exact) mass is 477 g/mol. The van der Waals surface area contributed by atoms with Gasteiger partial charge in [-0.2, -0.15) is 0 Å². The molecule has 10 heteroatoms. The summed E-state index contributed by atoms with van der Waals surface area (Å²) in [5.41, 5.74) is 0.786. The van der Waals surface area contributed by atoms with Crippen LogP contribution in [0.4, 0.5) is 5.69 Å². The van der Waals surface area contributed by atoms with Crippen LogP contribution in [-0.4, -0.2) is 92.4 Å². The molecule has 1 aliphatic heterocycles. The molecule has 0 aliphatic carbocycles. The average Bonchev–Trinajstić information content (AvgIpc) is 3.15. The number of hydrogen-bond donors (Lipinski definition) is 2. The Hall–Kier alpha value is -3.11. The molecule has 2 N–H and O–H groups in total. The molecule has 0 unspecified atom stereocenters. The number of benzene rings is 1. The Bertz CT molecular complexity index is 897. The molecular formula is C24H35N3O7. The third kappa shape index (κ3) is 6.94. The van der Waals surface area contributed by atoms with E-state index in [0.717, 1.165) is 19.5 Å². The molecule has 1 aromatic rings. The van der Waals surface area contributed by atoms with E-state index in [-0.39, 0.29) is 43.1 Å². The van der Waals surface area contributed by atoms with Crippen LogP contribution >= 0.6 is 0 Å². The lowest BCUT2D eigenvalue weighted by Gasteiger charge is -2.18. The fourth-order valence-electron chi connectivity index (χ4n) is 3.47. The molecule has 0 saturated carbocycles. The van der Waals surface area contributed by atoms with E-state index in [4.69, 9.17) is 14.2 Å². The summed E-state index contributed by atoms with van der Waals surface area (Å²) in [6, 6.07) is 4.76. The molecule has 0 radical (unpaired) electrons. The Morgan fingerprint density at radius 1 is 1.15 bits per heavy atom. The zero-order chi connectivity index (χ0) is 25.1. The predicted molar refractivity (Wildman–Crippen MR) is 127 cm³/mol. The topological polar surface area (TPSA) is 118 Å². The van der Waals surface area contributed by atoms with Crippen LogP contribution in [0.1, 0.15) is 37.6 Å². The molecule has 2 rings (SSSR count). The molecule has 0 saturated heterocycles. The van der Waals surface area contributed by atoms with Crippen LogP contribution in [0.15, 0.2) is 29.5 Å². The summed E-state index contributed by atoms with van der Waals surface area (Å²) < 4.78 is 16.0. The molecule has 0 aromatic heterocycles. The van der Waals surface area contributed by atoms with E-state index in [1.165, 1.54) is 18.1 Å². The molecule has 1 amide bonds. The zero-order valence-electron chi connectivity index (χ0n) is 20.4. The largest absolute Gasteiger partial charge is 0.491 e. The van der Waals surface area contributed by atoms with Crippen LogP contribution in [-0.2, 0) is 19.1 Å². The van der Waals surface area contributed by atoms with Crippen molar-refractivity contribution in [2.45, 2.75) is 27.2 Å². The number of carbonyl (C=O) groups excluding carboxylic acids is 3. The minimum absolute atomic E-state index is 0.00659. The highest BCUT2D eigenvalue weighted by molar-refractivity contribution is 6.09. The SMILES string of the molecule is CCCOc1ccc(C(=O)OCCN(CC)CC)cc1NC1=C(C(=O)OC)CN(CCO)C1=O. The van der Waals surface area contributed by atoms with Gasteiger partial charge in [-0.05, 0) is 37.7 Å². The summed E-state index contributed by atoms with van der Waals surface area (Å²) in [5.74, 6) is -1.19. The van der Waals surface area contributed by atoms with Crippen LogP contribution in [0.3, 0.4) is 0 Å². The molecule has 0 spiro atoms. The van der Waals surface area contributed by atoms with E-state index >= 15 is 0 Å². The maximum absolute atomic E-state index is 12.9. The van der Waals surface area contributed by atoms with E-state index in [1.807, 2.05) is 20.8 Å². The number of methoxy groups -OCH3 is 1. The van der Waals surface area contributed by atoms with Crippen molar-refractivity contribution in [2.24, 2.45) is 0 Å². The number of carbonyl (C=O) groups is 3. The lowest BCUT2D eigenvalue weighted by molar-refractivity contribution is -0.136. The minimum atomic E-state index is -0.653. The molecule has 0 bridgehead atoms. The van der Waals surface area contributed by atoms with Crippen LogP contribution < -0.4 is 10.1 Å². The van der Waals surface area contributed by atoms with Crippen molar-refractivity contribution in [3.8, 4) is 5.75 Å². The third-order valence-corrected chi connectivity index (χ3v) is 5.43. The number of likely N-dealkylation sites (N-methyl/N-ethyl adjacent to an activating group) is 1. The summed E-state index contributed by atoms with van der Waals surface area (Å²) in [4.78, 5) is 41.3. The zero-order valence-corrected chi connectivity index (χ0v) is 20.4. The van der Waals surface area contributed by atoms with Gasteiger partial charge in [-0.15, -0.1) is 0 Å². The number of rotatable bonds is 14.